The van der Waals surface area contributed by atoms with Crippen molar-refractivity contribution >= 4 is 35.2 Å². The van der Waals surface area contributed by atoms with Gasteiger partial charge in [-0.15, -0.1) is 0 Å². The first-order valence-electron chi connectivity index (χ1n) is 6.54. The van der Waals surface area contributed by atoms with Crippen LogP contribution in [0.5, 0.6) is 0 Å². The van der Waals surface area contributed by atoms with Gasteiger partial charge in [0.05, 0.1) is 9.95 Å². The van der Waals surface area contributed by atoms with E-state index in [2.05, 4.69) is 5.32 Å². The summed E-state index contributed by atoms with van der Waals surface area (Å²) in [6, 6.07) is 6.91. The van der Waals surface area contributed by atoms with E-state index in [-0.39, 0.29) is 22.2 Å². The summed E-state index contributed by atoms with van der Waals surface area (Å²) in [5, 5.41) is 22.0. The molecule has 0 saturated heterocycles. The van der Waals surface area contributed by atoms with Gasteiger partial charge in [-0.3, -0.25) is 14.9 Å². The lowest BCUT2D eigenvalue weighted by molar-refractivity contribution is -0.384. The molecule has 0 saturated carbocycles. The Bertz CT molecular complexity index is 855. The molecule has 0 atom stereocenters. The normalized spacial score (nSPS) is 11.2. The number of halogens is 1. The number of nitrogens with one attached hydrogen (secondary N) is 1. The molecule has 24 heavy (non-hydrogen) atoms. The number of benzene rings is 1. The van der Waals surface area contributed by atoms with Crippen LogP contribution in [0.2, 0.25) is 5.02 Å². The quantitative estimate of drug-likeness (QED) is 0.485. The van der Waals surface area contributed by atoms with Gasteiger partial charge in [-0.1, -0.05) is 11.6 Å². The fraction of sp³-hybridized carbons (Fsp3) is 0.0667. The predicted octanol–water partition coefficient (Wildman–Crippen LogP) is 3.07. The Morgan fingerprint density at radius 3 is 2.58 bits per heavy atom. The summed E-state index contributed by atoms with van der Waals surface area (Å²) in [4.78, 5) is 32.2. The van der Waals surface area contributed by atoms with Gasteiger partial charge in [0, 0.05) is 30.7 Å². The van der Waals surface area contributed by atoms with E-state index in [0.717, 1.165) is 6.08 Å². The van der Waals surface area contributed by atoms with Crippen molar-refractivity contribution in [2.24, 2.45) is 0 Å². The molecule has 1 amide bonds. The lowest BCUT2D eigenvalue weighted by Gasteiger charge is -2.02. The third-order valence-electron chi connectivity index (χ3n) is 2.88. The van der Waals surface area contributed by atoms with Crippen LogP contribution in [-0.4, -0.2) is 21.9 Å². The van der Waals surface area contributed by atoms with Crippen molar-refractivity contribution in [1.82, 2.24) is 5.32 Å². The predicted molar refractivity (Wildman–Crippen MR) is 85.2 cm³/mol. The Labute approximate surface area is 140 Å². The van der Waals surface area contributed by atoms with Crippen LogP contribution in [0.3, 0.4) is 0 Å². The number of rotatable bonds is 5. The molecule has 0 spiro atoms. The smallest absolute Gasteiger partial charge is 0.352 e. The lowest BCUT2D eigenvalue weighted by Crippen LogP contribution is -2.24. The average molecular weight is 351 g/mol. The standard InChI is InChI=1S/C15H11ClN2O6/c1-8(19)17-13(15(20)21)7-10-3-5-14(24-10)11-4-2-9(18(22)23)6-12(11)16/h2-7H,1H3,(H,17,19)(H,20,21). The van der Waals surface area contributed by atoms with Crippen LogP contribution in [0.4, 0.5) is 5.69 Å². The molecule has 0 fully saturated rings. The maximum absolute atomic E-state index is 11.1. The second kappa shape index (κ2) is 6.97. The molecule has 0 aliphatic heterocycles. The van der Waals surface area contributed by atoms with Crippen molar-refractivity contribution in [1.29, 1.82) is 0 Å². The Balaban J connectivity index is 2.35. The van der Waals surface area contributed by atoms with E-state index < -0.39 is 16.8 Å². The molecular formula is C15H11ClN2O6. The first-order valence-corrected chi connectivity index (χ1v) is 6.92. The van der Waals surface area contributed by atoms with E-state index in [9.17, 15) is 19.7 Å². The van der Waals surface area contributed by atoms with E-state index in [1.54, 1.807) is 0 Å². The topological polar surface area (TPSA) is 123 Å². The number of hydrogen-bond donors (Lipinski definition) is 2. The Kier molecular flexibility index (Phi) is 5.00. The first kappa shape index (κ1) is 17.2. The molecule has 0 aliphatic rings. The molecule has 2 aromatic rings. The zero-order valence-electron chi connectivity index (χ0n) is 12.3. The lowest BCUT2D eigenvalue weighted by atomic mass is 10.1. The largest absolute Gasteiger partial charge is 0.477 e. The molecule has 1 aromatic carbocycles. The molecule has 124 valence electrons. The maximum atomic E-state index is 11.1. The molecular weight excluding hydrogens is 340 g/mol. The van der Waals surface area contributed by atoms with E-state index in [0.29, 0.717) is 11.3 Å². The number of amides is 1. The number of nitro groups is 1. The van der Waals surface area contributed by atoms with Gasteiger partial charge in [-0.05, 0) is 18.2 Å². The van der Waals surface area contributed by atoms with Gasteiger partial charge in [0.15, 0.2) is 0 Å². The molecule has 0 unspecified atom stereocenters. The van der Waals surface area contributed by atoms with Gasteiger partial charge in [-0.2, -0.15) is 0 Å². The number of carbonyl (C=O) groups is 2. The highest BCUT2D eigenvalue weighted by Crippen LogP contribution is 2.32. The van der Waals surface area contributed by atoms with Crippen molar-refractivity contribution in [3.63, 3.8) is 0 Å². The van der Waals surface area contributed by atoms with Crippen LogP contribution < -0.4 is 5.32 Å². The van der Waals surface area contributed by atoms with Gasteiger partial charge in [0.1, 0.15) is 17.2 Å². The zero-order valence-corrected chi connectivity index (χ0v) is 13.0. The minimum absolute atomic E-state index is 0.120. The number of aliphatic carboxylic acids is 1. The van der Waals surface area contributed by atoms with Crippen LogP contribution in [0.15, 0.2) is 40.4 Å². The second-order valence-electron chi connectivity index (χ2n) is 4.67. The summed E-state index contributed by atoms with van der Waals surface area (Å²) < 4.78 is 5.47. The van der Waals surface area contributed by atoms with Crippen molar-refractivity contribution < 1.29 is 24.0 Å². The van der Waals surface area contributed by atoms with Crippen LogP contribution in [0, 0.1) is 10.1 Å². The van der Waals surface area contributed by atoms with Gasteiger partial charge in [0.2, 0.25) is 5.91 Å². The van der Waals surface area contributed by atoms with Gasteiger partial charge in [-0.25, -0.2) is 4.79 Å². The molecule has 2 N–H and O–H groups in total. The fourth-order valence-electron chi connectivity index (χ4n) is 1.88. The Morgan fingerprint density at radius 1 is 1.33 bits per heavy atom. The fourth-order valence-corrected chi connectivity index (χ4v) is 2.14. The highest BCUT2D eigenvalue weighted by Gasteiger charge is 2.14. The van der Waals surface area contributed by atoms with Crippen molar-refractivity contribution in [3.8, 4) is 11.3 Å². The van der Waals surface area contributed by atoms with Crippen LogP contribution in [-0.2, 0) is 9.59 Å². The van der Waals surface area contributed by atoms with Gasteiger partial charge in [0.25, 0.3) is 5.69 Å². The zero-order chi connectivity index (χ0) is 17.9. The summed E-state index contributed by atoms with van der Waals surface area (Å²) in [5.74, 6) is -1.38. The number of nitro benzene ring substituents is 1. The number of non-ortho nitro benzene ring substituents is 1. The third kappa shape index (κ3) is 3.99. The minimum Gasteiger partial charge on any atom is -0.477 e. The molecule has 1 heterocycles. The molecule has 9 heteroatoms. The molecule has 0 radical (unpaired) electrons. The molecule has 0 aliphatic carbocycles. The summed E-state index contributed by atoms with van der Waals surface area (Å²) >= 11 is 6.01. The van der Waals surface area contributed by atoms with Crippen LogP contribution in [0.1, 0.15) is 12.7 Å². The molecule has 8 nitrogen and oxygen atoms in total. The van der Waals surface area contributed by atoms with E-state index in [1.807, 2.05) is 0 Å². The first-order chi connectivity index (χ1) is 11.3. The van der Waals surface area contributed by atoms with Crippen LogP contribution in [0.25, 0.3) is 17.4 Å². The van der Waals surface area contributed by atoms with Crippen LogP contribution >= 0.6 is 11.6 Å². The number of carboxylic acids is 1. The number of carboxylic acid groups (broad SMARTS) is 1. The average Bonchev–Trinajstić information content (AvgIpc) is 2.94. The highest BCUT2D eigenvalue weighted by molar-refractivity contribution is 6.33. The summed E-state index contributed by atoms with van der Waals surface area (Å²) in [6.45, 7) is 1.18. The number of furan rings is 1. The summed E-state index contributed by atoms with van der Waals surface area (Å²) in [7, 11) is 0. The van der Waals surface area contributed by atoms with Crippen molar-refractivity contribution in [2.45, 2.75) is 6.92 Å². The second-order valence-corrected chi connectivity index (χ2v) is 5.07. The monoisotopic (exact) mass is 350 g/mol. The summed E-state index contributed by atoms with van der Waals surface area (Å²) in [5.41, 5.74) is -0.0919. The highest BCUT2D eigenvalue weighted by atomic mass is 35.5. The minimum atomic E-state index is -1.32. The Hall–Kier alpha value is -3.13. The molecule has 2 rings (SSSR count). The number of carbonyl (C=O) groups excluding carboxylic acids is 1. The molecule has 0 bridgehead atoms. The van der Waals surface area contributed by atoms with Crippen molar-refractivity contribution in [2.75, 3.05) is 0 Å². The molecule has 1 aromatic heterocycles. The number of hydrogen-bond acceptors (Lipinski definition) is 5. The van der Waals surface area contributed by atoms with E-state index >= 15 is 0 Å². The Morgan fingerprint density at radius 2 is 2.04 bits per heavy atom. The SMILES string of the molecule is CC(=O)NC(=Cc1ccc(-c2ccc([N+](=O)[O-])cc2Cl)o1)C(=O)O. The summed E-state index contributed by atoms with van der Waals surface area (Å²) in [6.07, 6.45) is 1.15. The maximum Gasteiger partial charge on any atom is 0.352 e. The number of nitrogens with zero attached hydrogens (tertiary/aromatic N) is 1. The van der Waals surface area contributed by atoms with Gasteiger partial charge < -0.3 is 14.8 Å². The van der Waals surface area contributed by atoms with Gasteiger partial charge >= 0.3 is 5.97 Å². The van der Waals surface area contributed by atoms with E-state index in [1.165, 1.54) is 37.3 Å². The van der Waals surface area contributed by atoms with E-state index in [4.69, 9.17) is 21.1 Å². The van der Waals surface area contributed by atoms with Crippen molar-refractivity contribution in [3.05, 3.63) is 56.9 Å². The third-order valence-corrected chi connectivity index (χ3v) is 3.20.